The number of benzene rings is 2. The van der Waals surface area contributed by atoms with Crippen LogP contribution in [0.1, 0.15) is 0 Å². The molecule has 0 aromatic heterocycles. The number of carbonyl (C=O) groups excluding carboxylic acids is 1. The minimum Gasteiger partial charge on any atom is -0.485 e. The zero-order chi connectivity index (χ0) is 14.8. The smallest absolute Gasteiger partial charge is 0.271 e. The van der Waals surface area contributed by atoms with Crippen molar-refractivity contribution in [2.45, 2.75) is 6.10 Å². The van der Waals surface area contributed by atoms with Crippen LogP contribution in [0.15, 0.2) is 48.5 Å². The van der Waals surface area contributed by atoms with E-state index >= 15 is 0 Å². The predicted molar refractivity (Wildman–Crippen MR) is 76.2 cm³/mol. The van der Waals surface area contributed by atoms with Crippen molar-refractivity contribution in [1.82, 2.24) is 0 Å². The molecule has 1 amide bonds. The molecule has 108 valence electrons. The number of halogens is 1. The lowest BCUT2D eigenvalue weighted by atomic mass is 10.2. The average Bonchev–Trinajstić information content (AvgIpc) is 2.54. The molecule has 0 saturated heterocycles. The molecule has 0 N–H and O–H groups in total. The number of fused-ring (bicyclic) bond motifs is 1. The Kier molecular flexibility index (Phi) is 3.48. The third-order valence-corrected chi connectivity index (χ3v) is 3.33. The third kappa shape index (κ3) is 2.67. The first kappa shape index (κ1) is 13.4. The summed E-state index contributed by atoms with van der Waals surface area (Å²) in [6.07, 6.45) is -0.713. The zero-order valence-electron chi connectivity index (χ0n) is 11.5. The molecule has 1 aliphatic rings. The van der Waals surface area contributed by atoms with E-state index in [9.17, 15) is 9.18 Å². The van der Waals surface area contributed by atoms with Gasteiger partial charge in [-0.3, -0.25) is 4.79 Å². The minimum absolute atomic E-state index is 0.154. The van der Waals surface area contributed by atoms with Crippen molar-refractivity contribution in [2.24, 2.45) is 0 Å². The molecule has 1 atom stereocenters. The topological polar surface area (TPSA) is 38.8 Å². The molecule has 0 fully saturated rings. The van der Waals surface area contributed by atoms with Crippen LogP contribution in [0.4, 0.5) is 10.1 Å². The minimum atomic E-state index is -0.713. The number of ether oxygens (including phenoxy) is 2. The van der Waals surface area contributed by atoms with Crippen molar-refractivity contribution in [2.75, 3.05) is 18.6 Å². The van der Waals surface area contributed by atoms with Gasteiger partial charge in [-0.1, -0.05) is 12.1 Å². The molecule has 1 aliphatic heterocycles. The molecule has 3 rings (SSSR count). The van der Waals surface area contributed by atoms with Gasteiger partial charge in [-0.2, -0.15) is 0 Å². The highest BCUT2D eigenvalue weighted by Gasteiger charge is 2.30. The summed E-state index contributed by atoms with van der Waals surface area (Å²) in [6.45, 7) is 0.154. The molecule has 5 heteroatoms. The first-order valence-corrected chi connectivity index (χ1v) is 6.57. The van der Waals surface area contributed by atoms with E-state index in [0.717, 1.165) is 0 Å². The van der Waals surface area contributed by atoms with Crippen molar-refractivity contribution in [3.05, 3.63) is 54.3 Å². The Bertz CT molecular complexity index is 657. The van der Waals surface area contributed by atoms with E-state index in [-0.39, 0.29) is 18.3 Å². The first-order chi connectivity index (χ1) is 10.1. The van der Waals surface area contributed by atoms with E-state index in [1.165, 1.54) is 17.0 Å². The number of para-hydroxylation sites is 2. The Morgan fingerprint density at radius 1 is 1.14 bits per heavy atom. The number of rotatable bonds is 2. The molecule has 2 aromatic carbocycles. The molecule has 0 radical (unpaired) electrons. The summed E-state index contributed by atoms with van der Waals surface area (Å²) in [7, 11) is 1.62. The van der Waals surface area contributed by atoms with Crippen LogP contribution in [0.25, 0.3) is 0 Å². The van der Waals surface area contributed by atoms with Gasteiger partial charge in [0.05, 0.1) is 0 Å². The fraction of sp³-hybridized carbons (Fsp3) is 0.188. The Balaban J connectivity index is 1.75. The van der Waals surface area contributed by atoms with Crippen LogP contribution >= 0.6 is 0 Å². The maximum atomic E-state index is 12.9. The van der Waals surface area contributed by atoms with Crippen molar-refractivity contribution >= 4 is 11.6 Å². The second-order valence-electron chi connectivity index (χ2n) is 4.74. The fourth-order valence-corrected chi connectivity index (χ4v) is 2.15. The second-order valence-corrected chi connectivity index (χ2v) is 4.74. The number of carbonyl (C=O) groups is 1. The lowest BCUT2D eigenvalue weighted by Gasteiger charge is -2.28. The molecular formula is C16H14FNO3. The number of hydrogen-bond acceptors (Lipinski definition) is 3. The predicted octanol–water partition coefficient (Wildman–Crippen LogP) is 2.63. The molecule has 2 aromatic rings. The number of likely N-dealkylation sites (N-methyl/N-ethyl adjacent to an activating group) is 1. The van der Waals surface area contributed by atoms with E-state index < -0.39 is 6.10 Å². The van der Waals surface area contributed by atoms with Crippen LogP contribution in [0, 0.1) is 5.82 Å². The van der Waals surface area contributed by atoms with E-state index in [1.54, 1.807) is 31.3 Å². The molecule has 0 bridgehead atoms. The van der Waals surface area contributed by atoms with Gasteiger partial charge in [0.1, 0.15) is 12.4 Å². The lowest BCUT2D eigenvalue weighted by Crippen LogP contribution is -2.45. The van der Waals surface area contributed by atoms with E-state index in [2.05, 4.69) is 0 Å². The number of nitrogens with zero attached hydrogens (tertiary/aromatic N) is 1. The SMILES string of the molecule is CN(C(=O)C1COc2ccccc2O1)c1ccc(F)cc1. The van der Waals surface area contributed by atoms with E-state index in [0.29, 0.717) is 17.2 Å². The Labute approximate surface area is 121 Å². The Hall–Kier alpha value is -2.56. The number of anilines is 1. The summed E-state index contributed by atoms with van der Waals surface area (Å²) >= 11 is 0. The highest BCUT2D eigenvalue weighted by atomic mass is 19.1. The van der Waals surface area contributed by atoms with Gasteiger partial charge in [-0.05, 0) is 36.4 Å². The van der Waals surface area contributed by atoms with E-state index in [4.69, 9.17) is 9.47 Å². The molecule has 1 unspecified atom stereocenters. The summed E-state index contributed by atoms with van der Waals surface area (Å²) in [5, 5.41) is 0. The standard InChI is InChI=1S/C16H14FNO3/c1-18(12-8-6-11(17)7-9-12)16(19)15-10-20-13-4-2-3-5-14(13)21-15/h2-9,15H,10H2,1H3. The Morgan fingerprint density at radius 2 is 1.81 bits per heavy atom. The monoisotopic (exact) mass is 287 g/mol. The molecule has 0 spiro atoms. The van der Waals surface area contributed by atoms with Crippen molar-refractivity contribution < 1.29 is 18.7 Å². The highest BCUT2D eigenvalue weighted by Crippen LogP contribution is 2.31. The van der Waals surface area contributed by atoms with Gasteiger partial charge in [-0.25, -0.2) is 4.39 Å². The van der Waals surface area contributed by atoms with Crippen LogP contribution in [-0.2, 0) is 4.79 Å². The Morgan fingerprint density at radius 3 is 2.52 bits per heavy atom. The van der Waals surface area contributed by atoms with Crippen LogP contribution in [0.2, 0.25) is 0 Å². The van der Waals surface area contributed by atoms with Gasteiger partial charge in [0.2, 0.25) is 6.10 Å². The quantitative estimate of drug-likeness (QED) is 0.852. The third-order valence-electron chi connectivity index (χ3n) is 3.33. The van der Waals surface area contributed by atoms with E-state index in [1.807, 2.05) is 12.1 Å². The van der Waals surface area contributed by atoms with Gasteiger partial charge in [0.25, 0.3) is 5.91 Å². The van der Waals surface area contributed by atoms with Gasteiger partial charge >= 0.3 is 0 Å². The maximum Gasteiger partial charge on any atom is 0.271 e. The molecule has 4 nitrogen and oxygen atoms in total. The number of amides is 1. The lowest BCUT2D eigenvalue weighted by molar-refractivity contribution is -0.127. The van der Waals surface area contributed by atoms with Crippen LogP contribution in [-0.4, -0.2) is 25.7 Å². The van der Waals surface area contributed by atoms with Crippen LogP contribution in [0.5, 0.6) is 11.5 Å². The largest absolute Gasteiger partial charge is 0.485 e. The zero-order valence-corrected chi connectivity index (χ0v) is 11.5. The maximum absolute atomic E-state index is 12.9. The van der Waals surface area contributed by atoms with Crippen molar-refractivity contribution in [3.8, 4) is 11.5 Å². The number of hydrogen-bond donors (Lipinski definition) is 0. The normalized spacial score (nSPS) is 16.4. The van der Waals surface area contributed by atoms with Crippen molar-refractivity contribution in [1.29, 1.82) is 0 Å². The molecule has 1 heterocycles. The fourth-order valence-electron chi connectivity index (χ4n) is 2.15. The van der Waals surface area contributed by atoms with Gasteiger partial charge < -0.3 is 14.4 Å². The summed E-state index contributed by atoms with van der Waals surface area (Å²) in [6, 6.07) is 12.9. The summed E-state index contributed by atoms with van der Waals surface area (Å²) in [4.78, 5) is 13.9. The van der Waals surface area contributed by atoms with Crippen molar-refractivity contribution in [3.63, 3.8) is 0 Å². The molecule has 0 aliphatic carbocycles. The van der Waals surface area contributed by atoms with Gasteiger partial charge in [0, 0.05) is 12.7 Å². The highest BCUT2D eigenvalue weighted by molar-refractivity contribution is 5.96. The van der Waals surface area contributed by atoms with Gasteiger partial charge in [0.15, 0.2) is 11.5 Å². The molecule has 0 saturated carbocycles. The van der Waals surface area contributed by atoms with Crippen LogP contribution < -0.4 is 14.4 Å². The summed E-state index contributed by atoms with van der Waals surface area (Å²) in [5.74, 6) is 0.600. The van der Waals surface area contributed by atoms with Gasteiger partial charge in [-0.15, -0.1) is 0 Å². The second kappa shape index (κ2) is 5.44. The first-order valence-electron chi connectivity index (χ1n) is 6.57. The molecule has 21 heavy (non-hydrogen) atoms. The average molecular weight is 287 g/mol. The summed E-state index contributed by atoms with van der Waals surface area (Å²) < 4.78 is 24.1. The molecular weight excluding hydrogens is 273 g/mol. The van der Waals surface area contributed by atoms with Crippen LogP contribution in [0.3, 0.4) is 0 Å². The summed E-state index contributed by atoms with van der Waals surface area (Å²) in [5.41, 5.74) is 0.601.